The lowest BCUT2D eigenvalue weighted by Gasteiger charge is -2.11. The van der Waals surface area contributed by atoms with E-state index in [4.69, 9.17) is 4.74 Å². The van der Waals surface area contributed by atoms with Crippen molar-refractivity contribution in [2.24, 2.45) is 0 Å². The van der Waals surface area contributed by atoms with Gasteiger partial charge in [0.2, 0.25) is 5.91 Å². The van der Waals surface area contributed by atoms with Crippen molar-refractivity contribution in [2.75, 3.05) is 26.7 Å². The number of nitrogens with one attached hydrogen (secondary N) is 3. The summed E-state index contributed by atoms with van der Waals surface area (Å²) in [4.78, 5) is 23.7. The van der Waals surface area contributed by atoms with Crippen molar-refractivity contribution in [2.45, 2.75) is 18.9 Å². The molecule has 3 N–H and O–H groups in total. The van der Waals surface area contributed by atoms with Crippen molar-refractivity contribution in [1.29, 1.82) is 0 Å². The molecule has 1 fully saturated rings. The minimum absolute atomic E-state index is 0.00290. The number of amides is 2. The first kappa shape index (κ1) is 15.3. The van der Waals surface area contributed by atoms with Gasteiger partial charge in [-0.3, -0.25) is 9.59 Å². The van der Waals surface area contributed by atoms with Gasteiger partial charge in [0.05, 0.1) is 13.2 Å². The molecule has 1 aromatic carbocycles. The zero-order valence-electron chi connectivity index (χ0n) is 12.1. The fourth-order valence-electron chi connectivity index (χ4n) is 2.26. The van der Waals surface area contributed by atoms with Crippen LogP contribution in [0.1, 0.15) is 23.2 Å². The molecular formula is C15H21N3O3. The summed E-state index contributed by atoms with van der Waals surface area (Å²) in [6.07, 6.45) is 1.91. The molecular weight excluding hydrogens is 270 g/mol. The number of hydrogen-bond acceptors (Lipinski definition) is 4. The second-order valence-corrected chi connectivity index (χ2v) is 4.93. The summed E-state index contributed by atoms with van der Waals surface area (Å²) in [6.45, 7) is 1.71. The highest BCUT2D eigenvalue weighted by Gasteiger charge is 2.21. The van der Waals surface area contributed by atoms with Crippen LogP contribution >= 0.6 is 0 Å². The van der Waals surface area contributed by atoms with Crippen molar-refractivity contribution in [3.8, 4) is 5.75 Å². The van der Waals surface area contributed by atoms with E-state index in [-0.39, 0.29) is 17.9 Å². The predicted molar refractivity (Wildman–Crippen MR) is 79.4 cm³/mol. The van der Waals surface area contributed by atoms with Crippen LogP contribution in [0.15, 0.2) is 24.3 Å². The van der Waals surface area contributed by atoms with Gasteiger partial charge >= 0.3 is 0 Å². The van der Waals surface area contributed by atoms with E-state index >= 15 is 0 Å². The van der Waals surface area contributed by atoms with E-state index in [2.05, 4.69) is 16.0 Å². The van der Waals surface area contributed by atoms with Crippen molar-refractivity contribution in [3.05, 3.63) is 29.8 Å². The Balaban J connectivity index is 1.70. The molecule has 1 heterocycles. The van der Waals surface area contributed by atoms with E-state index in [1.807, 2.05) is 0 Å². The van der Waals surface area contributed by atoms with E-state index in [0.717, 1.165) is 19.4 Å². The summed E-state index contributed by atoms with van der Waals surface area (Å²) in [5.74, 6) is 0.466. The number of ether oxygens (including phenoxy) is 1. The highest BCUT2D eigenvalue weighted by atomic mass is 16.5. The molecule has 114 valence electrons. The highest BCUT2D eigenvalue weighted by molar-refractivity contribution is 5.94. The first-order valence-electron chi connectivity index (χ1n) is 7.14. The molecule has 0 bridgehead atoms. The Bertz CT molecular complexity index is 499. The average Bonchev–Trinajstić information content (AvgIpc) is 3.05. The van der Waals surface area contributed by atoms with Crippen LogP contribution < -0.4 is 20.7 Å². The predicted octanol–water partition coefficient (Wildman–Crippen LogP) is 0.293. The van der Waals surface area contributed by atoms with Gasteiger partial charge in [0, 0.05) is 18.7 Å². The molecule has 6 heteroatoms. The van der Waals surface area contributed by atoms with Crippen LogP contribution in [0.5, 0.6) is 5.75 Å². The first-order valence-corrected chi connectivity index (χ1v) is 7.14. The van der Waals surface area contributed by atoms with Crippen LogP contribution in [0.2, 0.25) is 0 Å². The monoisotopic (exact) mass is 291 g/mol. The Morgan fingerprint density at radius 1 is 1.33 bits per heavy atom. The van der Waals surface area contributed by atoms with Gasteiger partial charge in [-0.25, -0.2) is 0 Å². The maximum Gasteiger partial charge on any atom is 0.251 e. The number of carbonyl (C=O) groups excluding carboxylic acids is 2. The highest BCUT2D eigenvalue weighted by Crippen LogP contribution is 2.12. The van der Waals surface area contributed by atoms with Crippen molar-refractivity contribution in [1.82, 2.24) is 16.0 Å². The summed E-state index contributed by atoms with van der Waals surface area (Å²) in [7, 11) is 1.56. The normalized spacial score (nSPS) is 17.3. The van der Waals surface area contributed by atoms with Crippen molar-refractivity contribution < 1.29 is 14.3 Å². The molecule has 1 saturated heterocycles. The fourth-order valence-corrected chi connectivity index (χ4v) is 2.26. The van der Waals surface area contributed by atoms with E-state index < -0.39 is 0 Å². The van der Waals surface area contributed by atoms with Crippen LogP contribution in [0.25, 0.3) is 0 Å². The van der Waals surface area contributed by atoms with Gasteiger partial charge in [-0.1, -0.05) is 6.07 Å². The molecule has 0 spiro atoms. The largest absolute Gasteiger partial charge is 0.497 e. The number of hydrogen-bond donors (Lipinski definition) is 3. The smallest absolute Gasteiger partial charge is 0.251 e. The number of methoxy groups -OCH3 is 1. The Morgan fingerprint density at radius 3 is 2.86 bits per heavy atom. The molecule has 2 rings (SSSR count). The maximum atomic E-state index is 11.9. The fraction of sp³-hybridized carbons (Fsp3) is 0.467. The van der Waals surface area contributed by atoms with Gasteiger partial charge in [0.15, 0.2) is 0 Å². The topological polar surface area (TPSA) is 79.5 Å². The van der Waals surface area contributed by atoms with Gasteiger partial charge in [-0.2, -0.15) is 0 Å². The van der Waals surface area contributed by atoms with Gasteiger partial charge < -0.3 is 20.7 Å². The molecule has 1 aromatic rings. The van der Waals surface area contributed by atoms with E-state index in [0.29, 0.717) is 24.4 Å². The molecule has 1 atom stereocenters. The van der Waals surface area contributed by atoms with Gasteiger partial charge in [-0.05, 0) is 37.6 Å². The van der Waals surface area contributed by atoms with Crippen molar-refractivity contribution >= 4 is 11.8 Å². The van der Waals surface area contributed by atoms with Crippen LogP contribution in [0, 0.1) is 0 Å². The molecule has 0 saturated carbocycles. The minimum atomic E-state index is -0.179. The maximum absolute atomic E-state index is 11.9. The van der Waals surface area contributed by atoms with E-state index in [1.54, 1.807) is 31.4 Å². The van der Waals surface area contributed by atoms with Gasteiger partial charge in [0.25, 0.3) is 5.91 Å². The summed E-state index contributed by atoms with van der Waals surface area (Å²) in [5.41, 5.74) is 0.540. The summed E-state index contributed by atoms with van der Waals surface area (Å²) in [5, 5.41) is 8.71. The standard InChI is InChI=1S/C15H21N3O3/c1-21-12-5-2-4-11(10-12)14(19)17-8-9-18-15(20)13-6-3-7-16-13/h2,4-5,10,13,16H,3,6-9H2,1H3,(H,17,19)(H,18,20). The minimum Gasteiger partial charge on any atom is -0.497 e. The lowest BCUT2D eigenvalue weighted by atomic mass is 10.2. The Morgan fingerprint density at radius 2 is 2.14 bits per heavy atom. The van der Waals surface area contributed by atoms with Crippen LogP contribution in [0.4, 0.5) is 0 Å². The molecule has 1 aliphatic heterocycles. The number of rotatable bonds is 6. The summed E-state index contributed by atoms with van der Waals surface area (Å²) >= 11 is 0. The van der Waals surface area contributed by atoms with Crippen LogP contribution in [-0.2, 0) is 4.79 Å². The lowest BCUT2D eigenvalue weighted by molar-refractivity contribution is -0.122. The quantitative estimate of drug-likeness (QED) is 0.658. The van der Waals surface area contributed by atoms with Crippen LogP contribution in [-0.4, -0.2) is 44.6 Å². The first-order chi connectivity index (χ1) is 10.2. The summed E-state index contributed by atoms with van der Waals surface area (Å²) in [6, 6.07) is 6.86. The number of benzene rings is 1. The molecule has 1 unspecified atom stereocenters. The molecule has 0 radical (unpaired) electrons. The third-order valence-electron chi connectivity index (χ3n) is 3.42. The third-order valence-corrected chi connectivity index (χ3v) is 3.42. The third kappa shape index (κ3) is 4.46. The Labute approximate surface area is 124 Å². The van der Waals surface area contributed by atoms with Gasteiger partial charge in [-0.15, -0.1) is 0 Å². The Hall–Kier alpha value is -2.08. The molecule has 0 aliphatic carbocycles. The zero-order valence-corrected chi connectivity index (χ0v) is 12.1. The molecule has 0 aromatic heterocycles. The molecule has 6 nitrogen and oxygen atoms in total. The summed E-state index contributed by atoms with van der Waals surface area (Å²) < 4.78 is 5.08. The van der Waals surface area contributed by atoms with Crippen LogP contribution in [0.3, 0.4) is 0 Å². The van der Waals surface area contributed by atoms with Crippen molar-refractivity contribution in [3.63, 3.8) is 0 Å². The SMILES string of the molecule is COc1cccc(C(=O)NCCNC(=O)C2CCCN2)c1. The number of carbonyl (C=O) groups is 2. The van der Waals surface area contributed by atoms with E-state index in [1.165, 1.54) is 0 Å². The average molecular weight is 291 g/mol. The second kappa shape index (κ2) is 7.64. The lowest BCUT2D eigenvalue weighted by Crippen LogP contribution is -2.43. The molecule has 1 aliphatic rings. The second-order valence-electron chi connectivity index (χ2n) is 4.93. The van der Waals surface area contributed by atoms with E-state index in [9.17, 15) is 9.59 Å². The Kier molecular flexibility index (Phi) is 5.57. The zero-order chi connectivity index (χ0) is 15.1. The molecule has 21 heavy (non-hydrogen) atoms. The van der Waals surface area contributed by atoms with Gasteiger partial charge in [0.1, 0.15) is 5.75 Å². The molecule has 2 amide bonds.